The molecule has 41 heavy (non-hydrogen) atoms. The van der Waals surface area contributed by atoms with Crippen LogP contribution in [0, 0.1) is 0 Å². The fraction of sp³-hybridized carbons (Fsp3) is 0.258. The number of amides is 1. The Hall–Kier alpha value is -4.08. The van der Waals surface area contributed by atoms with Crippen LogP contribution in [0.15, 0.2) is 72.1 Å². The van der Waals surface area contributed by atoms with Crippen LogP contribution in [0.1, 0.15) is 34.3 Å². The molecule has 0 fully saturated rings. The molecule has 10 heteroatoms. The molecule has 3 aromatic carbocycles. The summed E-state index contributed by atoms with van der Waals surface area (Å²) in [5.41, 5.74) is 4.51. The maximum Gasteiger partial charge on any atom is 0.305 e. The van der Waals surface area contributed by atoms with Gasteiger partial charge < -0.3 is 24.8 Å². The molecule has 8 nitrogen and oxygen atoms in total. The van der Waals surface area contributed by atoms with Gasteiger partial charge in [0.1, 0.15) is 0 Å². The van der Waals surface area contributed by atoms with Gasteiger partial charge in [0.05, 0.1) is 25.3 Å². The van der Waals surface area contributed by atoms with Gasteiger partial charge in [0, 0.05) is 47.6 Å². The van der Waals surface area contributed by atoms with Gasteiger partial charge in [0.2, 0.25) is 0 Å². The van der Waals surface area contributed by atoms with Crippen LogP contribution in [0.25, 0.3) is 11.3 Å². The fourth-order valence-electron chi connectivity index (χ4n) is 4.39. The average Bonchev–Trinajstić information content (AvgIpc) is 3.35. The molecule has 0 unspecified atom stereocenters. The predicted molar refractivity (Wildman–Crippen MR) is 160 cm³/mol. The summed E-state index contributed by atoms with van der Waals surface area (Å²) in [7, 11) is 0. The van der Waals surface area contributed by atoms with E-state index in [9.17, 15) is 9.59 Å². The Balaban J connectivity index is 1.33. The number of nitrogens with zero attached hydrogens (tertiary/aromatic N) is 2. The minimum Gasteiger partial charge on any atom is -0.490 e. The Morgan fingerprint density at radius 3 is 2.46 bits per heavy atom. The van der Waals surface area contributed by atoms with Crippen LogP contribution in [0.3, 0.4) is 0 Å². The Kier molecular flexibility index (Phi) is 9.38. The first-order valence-electron chi connectivity index (χ1n) is 13.4. The quantitative estimate of drug-likeness (QED) is 0.218. The number of nitrogens with one attached hydrogen (secondary N) is 1. The van der Waals surface area contributed by atoms with Crippen LogP contribution in [0.4, 0.5) is 5.13 Å². The Bertz CT molecular complexity index is 1490. The van der Waals surface area contributed by atoms with Crippen molar-refractivity contribution in [1.82, 2.24) is 10.3 Å². The number of carboxylic acid groups (broad SMARTS) is 1. The monoisotopic (exact) mass is 591 g/mol. The van der Waals surface area contributed by atoms with Crippen LogP contribution in [-0.4, -0.2) is 48.3 Å². The largest absolute Gasteiger partial charge is 0.490 e. The summed E-state index contributed by atoms with van der Waals surface area (Å²) < 4.78 is 11.6. The van der Waals surface area contributed by atoms with Crippen molar-refractivity contribution < 1.29 is 24.2 Å². The number of thiazole rings is 1. The summed E-state index contributed by atoms with van der Waals surface area (Å²) in [6.45, 7) is 2.69. The highest BCUT2D eigenvalue weighted by Gasteiger charge is 2.17. The fourth-order valence-corrected chi connectivity index (χ4v) is 5.38. The summed E-state index contributed by atoms with van der Waals surface area (Å²) in [4.78, 5) is 30.3. The second-order valence-electron chi connectivity index (χ2n) is 9.62. The first kappa shape index (κ1) is 28.4. The number of anilines is 1. The molecule has 1 amide bonds. The molecule has 212 valence electrons. The minimum absolute atomic E-state index is 0.0874. The molecule has 1 aliphatic heterocycles. The molecular weight excluding hydrogens is 562 g/mol. The van der Waals surface area contributed by atoms with E-state index in [2.05, 4.69) is 15.6 Å². The molecule has 0 aliphatic carbocycles. The van der Waals surface area contributed by atoms with Crippen LogP contribution in [0.5, 0.6) is 11.5 Å². The zero-order chi connectivity index (χ0) is 28.6. The first-order chi connectivity index (χ1) is 19.9. The zero-order valence-electron chi connectivity index (χ0n) is 22.3. The van der Waals surface area contributed by atoms with Gasteiger partial charge in [-0.25, -0.2) is 4.98 Å². The number of halogens is 1. The molecule has 2 N–H and O–H groups in total. The van der Waals surface area contributed by atoms with E-state index in [-0.39, 0.29) is 18.9 Å². The van der Waals surface area contributed by atoms with Crippen molar-refractivity contribution in [3.05, 3.63) is 93.8 Å². The number of fused-ring (bicyclic) bond motifs is 1. The number of carboxylic acids is 1. The smallest absolute Gasteiger partial charge is 0.305 e. The standard InChI is InChI=1S/C31H30ClN3O5S/c32-25-9-4-21(5-10-25)13-15-35(19-22-2-6-23(7-3-22)30(38)33-14-12-29(36)37)31-34-26(20-41-31)24-8-11-27-28(18-24)40-17-1-16-39-27/h2-11,18,20H,1,12-17,19H2,(H,33,38)(H,36,37). The minimum atomic E-state index is -0.950. The van der Waals surface area contributed by atoms with Crippen molar-refractivity contribution in [2.24, 2.45) is 0 Å². The van der Waals surface area contributed by atoms with Crippen LogP contribution in [-0.2, 0) is 17.8 Å². The Morgan fingerprint density at radius 2 is 1.71 bits per heavy atom. The number of rotatable bonds is 11. The maximum atomic E-state index is 12.4. The molecule has 0 radical (unpaired) electrons. The van der Waals surface area contributed by atoms with E-state index in [1.807, 2.05) is 54.6 Å². The molecule has 0 atom stereocenters. The summed E-state index contributed by atoms with van der Waals surface area (Å²) in [6.07, 6.45) is 1.54. The van der Waals surface area contributed by atoms with Gasteiger partial charge in [-0.3, -0.25) is 9.59 Å². The average molecular weight is 592 g/mol. The van der Waals surface area contributed by atoms with Crippen molar-refractivity contribution in [3.8, 4) is 22.8 Å². The Morgan fingerprint density at radius 1 is 0.976 bits per heavy atom. The van der Waals surface area contributed by atoms with Crippen molar-refractivity contribution >= 4 is 39.9 Å². The number of carbonyl (C=O) groups is 2. The lowest BCUT2D eigenvalue weighted by Gasteiger charge is -2.22. The highest BCUT2D eigenvalue weighted by atomic mass is 35.5. The summed E-state index contributed by atoms with van der Waals surface area (Å²) >= 11 is 7.66. The van der Waals surface area contributed by atoms with Crippen LogP contribution in [0.2, 0.25) is 5.02 Å². The number of hydrogen-bond acceptors (Lipinski definition) is 7. The third-order valence-corrected chi connectivity index (χ3v) is 7.76. The molecule has 1 aliphatic rings. The molecule has 0 spiro atoms. The molecule has 1 aromatic heterocycles. The molecule has 0 bridgehead atoms. The number of benzene rings is 3. The van der Waals surface area contributed by atoms with Gasteiger partial charge in [0.25, 0.3) is 5.91 Å². The molecule has 0 saturated carbocycles. The summed E-state index contributed by atoms with van der Waals surface area (Å²) in [5.74, 6) is 0.248. The summed E-state index contributed by atoms with van der Waals surface area (Å²) in [6, 6.07) is 21.1. The van der Waals surface area contributed by atoms with E-state index >= 15 is 0 Å². The van der Waals surface area contributed by atoms with E-state index in [4.69, 9.17) is 31.2 Å². The van der Waals surface area contributed by atoms with E-state index in [0.29, 0.717) is 30.3 Å². The third kappa shape index (κ3) is 7.77. The summed E-state index contributed by atoms with van der Waals surface area (Å²) in [5, 5.41) is 15.1. The molecule has 4 aromatic rings. The van der Waals surface area contributed by atoms with Gasteiger partial charge in [-0.15, -0.1) is 11.3 Å². The lowest BCUT2D eigenvalue weighted by molar-refractivity contribution is -0.136. The van der Waals surface area contributed by atoms with Crippen LogP contribution < -0.4 is 19.7 Å². The number of aliphatic carboxylic acids is 1. The van der Waals surface area contributed by atoms with Crippen molar-refractivity contribution in [2.75, 3.05) is 31.2 Å². The maximum absolute atomic E-state index is 12.4. The van der Waals surface area contributed by atoms with Gasteiger partial charge in [-0.05, 0) is 60.0 Å². The lowest BCUT2D eigenvalue weighted by atomic mass is 10.1. The van der Waals surface area contributed by atoms with Crippen molar-refractivity contribution in [2.45, 2.75) is 25.8 Å². The predicted octanol–water partition coefficient (Wildman–Crippen LogP) is 6.08. The lowest BCUT2D eigenvalue weighted by Crippen LogP contribution is -2.26. The highest BCUT2D eigenvalue weighted by Crippen LogP contribution is 2.36. The molecular formula is C31H30ClN3O5S. The first-order valence-corrected chi connectivity index (χ1v) is 14.6. The number of hydrogen-bond donors (Lipinski definition) is 2. The zero-order valence-corrected chi connectivity index (χ0v) is 23.9. The molecule has 2 heterocycles. The number of ether oxygens (including phenoxy) is 2. The topological polar surface area (TPSA) is 101 Å². The van der Waals surface area contributed by atoms with Gasteiger partial charge in [-0.1, -0.05) is 35.9 Å². The Labute approximate surface area is 247 Å². The van der Waals surface area contributed by atoms with Gasteiger partial charge in [-0.2, -0.15) is 0 Å². The van der Waals surface area contributed by atoms with E-state index < -0.39 is 5.97 Å². The normalized spacial score (nSPS) is 12.4. The molecule has 0 saturated heterocycles. The van der Waals surface area contributed by atoms with Gasteiger partial charge >= 0.3 is 5.97 Å². The van der Waals surface area contributed by atoms with E-state index in [0.717, 1.165) is 52.8 Å². The number of carbonyl (C=O) groups excluding carboxylic acids is 1. The molecule has 5 rings (SSSR count). The van der Waals surface area contributed by atoms with E-state index in [1.54, 1.807) is 23.5 Å². The van der Waals surface area contributed by atoms with Crippen LogP contribution >= 0.6 is 22.9 Å². The highest BCUT2D eigenvalue weighted by molar-refractivity contribution is 7.14. The van der Waals surface area contributed by atoms with Gasteiger partial charge in [0.15, 0.2) is 16.6 Å². The van der Waals surface area contributed by atoms with Crippen molar-refractivity contribution in [1.29, 1.82) is 0 Å². The third-order valence-electron chi connectivity index (χ3n) is 6.60. The second kappa shape index (κ2) is 13.5. The van der Waals surface area contributed by atoms with Crippen molar-refractivity contribution in [3.63, 3.8) is 0 Å². The number of aromatic nitrogens is 1. The SMILES string of the molecule is O=C(O)CCNC(=O)c1ccc(CN(CCc2ccc(Cl)cc2)c2nc(-c3ccc4c(c3)OCCCO4)cs2)cc1. The second-order valence-corrected chi connectivity index (χ2v) is 10.9. The van der Waals surface area contributed by atoms with E-state index in [1.165, 1.54) is 5.56 Å².